The maximum absolute atomic E-state index is 11.3. The number of aliphatic imine (C=N–C) groups is 1. The summed E-state index contributed by atoms with van der Waals surface area (Å²) in [4.78, 5) is 15.6. The van der Waals surface area contributed by atoms with Crippen molar-refractivity contribution in [2.24, 2.45) is 10.9 Å². The van der Waals surface area contributed by atoms with Gasteiger partial charge in [0.25, 0.3) is 0 Å². The lowest BCUT2D eigenvalue weighted by molar-refractivity contribution is -0.114. The number of rotatable bonds is 11. The molecular formula is C21H36N4O2. The van der Waals surface area contributed by atoms with Gasteiger partial charge in [0, 0.05) is 27.1 Å². The van der Waals surface area contributed by atoms with E-state index in [0.29, 0.717) is 18.0 Å². The smallest absolute Gasteiger partial charge is 0.221 e. The maximum atomic E-state index is 11.3. The summed E-state index contributed by atoms with van der Waals surface area (Å²) in [5, 5.41) is 9.45. The van der Waals surface area contributed by atoms with Crippen LogP contribution in [0.4, 0.5) is 5.69 Å². The number of amides is 1. The number of methoxy groups -OCH3 is 1. The Bertz CT molecular complexity index is 600. The van der Waals surface area contributed by atoms with E-state index in [0.717, 1.165) is 30.4 Å². The highest BCUT2D eigenvalue weighted by Crippen LogP contribution is 2.25. The largest absolute Gasteiger partial charge is 0.495 e. The van der Waals surface area contributed by atoms with E-state index in [2.05, 4.69) is 34.8 Å². The molecule has 0 saturated heterocycles. The van der Waals surface area contributed by atoms with Crippen molar-refractivity contribution in [2.75, 3.05) is 26.0 Å². The first-order chi connectivity index (χ1) is 13.0. The van der Waals surface area contributed by atoms with Crippen molar-refractivity contribution in [3.63, 3.8) is 0 Å². The van der Waals surface area contributed by atoms with Gasteiger partial charge in [0.05, 0.1) is 12.8 Å². The van der Waals surface area contributed by atoms with Crippen LogP contribution in [0.5, 0.6) is 5.75 Å². The molecule has 1 aromatic rings. The molecule has 27 heavy (non-hydrogen) atoms. The zero-order valence-electron chi connectivity index (χ0n) is 17.5. The van der Waals surface area contributed by atoms with Crippen LogP contribution in [0.3, 0.4) is 0 Å². The molecule has 0 aliphatic rings. The Morgan fingerprint density at radius 3 is 2.52 bits per heavy atom. The zero-order valence-corrected chi connectivity index (χ0v) is 17.5. The molecule has 0 aliphatic heterocycles. The molecule has 3 N–H and O–H groups in total. The number of benzene rings is 1. The van der Waals surface area contributed by atoms with Crippen LogP contribution in [0.1, 0.15) is 58.4 Å². The second kappa shape index (κ2) is 13.0. The van der Waals surface area contributed by atoms with E-state index in [4.69, 9.17) is 4.74 Å². The second-order valence-electron chi connectivity index (χ2n) is 7.17. The summed E-state index contributed by atoms with van der Waals surface area (Å²) < 4.78 is 5.28. The van der Waals surface area contributed by atoms with E-state index in [1.807, 2.05) is 18.2 Å². The third-order valence-electron chi connectivity index (χ3n) is 4.26. The fourth-order valence-corrected chi connectivity index (χ4v) is 2.80. The number of nitrogens with zero attached hydrogens (tertiary/aromatic N) is 1. The molecule has 0 aromatic heterocycles. The second-order valence-corrected chi connectivity index (χ2v) is 7.17. The van der Waals surface area contributed by atoms with E-state index in [-0.39, 0.29) is 5.91 Å². The minimum atomic E-state index is -0.121. The summed E-state index contributed by atoms with van der Waals surface area (Å²) >= 11 is 0. The minimum absolute atomic E-state index is 0.121. The van der Waals surface area contributed by atoms with E-state index in [1.54, 1.807) is 14.2 Å². The number of nitrogens with one attached hydrogen (secondary N) is 3. The van der Waals surface area contributed by atoms with Crippen LogP contribution >= 0.6 is 0 Å². The van der Waals surface area contributed by atoms with Gasteiger partial charge in [-0.2, -0.15) is 0 Å². The van der Waals surface area contributed by atoms with Gasteiger partial charge in [-0.05, 0) is 30.0 Å². The predicted molar refractivity (Wildman–Crippen MR) is 113 cm³/mol. The Morgan fingerprint density at radius 1 is 1.15 bits per heavy atom. The van der Waals surface area contributed by atoms with Crippen molar-refractivity contribution >= 4 is 17.6 Å². The fraction of sp³-hybridized carbons (Fsp3) is 0.619. The zero-order chi connectivity index (χ0) is 20.1. The Kier molecular flexibility index (Phi) is 11.0. The number of guanidine groups is 1. The molecule has 6 nitrogen and oxygen atoms in total. The molecule has 152 valence electrons. The topological polar surface area (TPSA) is 74.8 Å². The molecule has 0 saturated carbocycles. The van der Waals surface area contributed by atoms with Gasteiger partial charge in [-0.15, -0.1) is 0 Å². The number of anilines is 1. The quantitative estimate of drug-likeness (QED) is 0.311. The van der Waals surface area contributed by atoms with Crippen molar-refractivity contribution in [2.45, 2.75) is 59.4 Å². The molecule has 0 spiro atoms. The highest BCUT2D eigenvalue weighted by molar-refractivity contribution is 5.90. The Balaban J connectivity index is 2.38. The van der Waals surface area contributed by atoms with Crippen molar-refractivity contribution in [3.05, 3.63) is 23.8 Å². The lowest BCUT2D eigenvalue weighted by atomic mass is 10.0. The van der Waals surface area contributed by atoms with Crippen LogP contribution in [0.2, 0.25) is 0 Å². The molecular weight excluding hydrogens is 340 g/mol. The van der Waals surface area contributed by atoms with Crippen molar-refractivity contribution in [1.82, 2.24) is 10.6 Å². The highest BCUT2D eigenvalue weighted by atomic mass is 16.5. The van der Waals surface area contributed by atoms with Crippen molar-refractivity contribution < 1.29 is 9.53 Å². The molecule has 1 amide bonds. The van der Waals surface area contributed by atoms with Gasteiger partial charge in [-0.3, -0.25) is 9.79 Å². The summed E-state index contributed by atoms with van der Waals surface area (Å²) in [6.45, 7) is 7.57. The molecule has 0 radical (unpaired) electrons. The lowest BCUT2D eigenvalue weighted by Crippen LogP contribution is -2.37. The van der Waals surface area contributed by atoms with Crippen LogP contribution in [0.15, 0.2) is 23.2 Å². The predicted octanol–water partition coefficient (Wildman–Crippen LogP) is 3.93. The van der Waals surface area contributed by atoms with E-state index in [9.17, 15) is 4.79 Å². The Labute approximate surface area is 164 Å². The monoisotopic (exact) mass is 376 g/mol. The molecule has 1 aromatic carbocycles. The Hall–Kier alpha value is -2.24. The minimum Gasteiger partial charge on any atom is -0.495 e. The van der Waals surface area contributed by atoms with Crippen LogP contribution in [0.25, 0.3) is 0 Å². The summed E-state index contributed by atoms with van der Waals surface area (Å²) in [7, 11) is 3.36. The summed E-state index contributed by atoms with van der Waals surface area (Å²) in [5.41, 5.74) is 1.71. The maximum Gasteiger partial charge on any atom is 0.221 e. The number of hydrogen-bond donors (Lipinski definition) is 3. The molecule has 1 rings (SSSR count). The Morgan fingerprint density at radius 2 is 1.89 bits per heavy atom. The summed E-state index contributed by atoms with van der Waals surface area (Å²) in [6.07, 6.45) is 6.32. The molecule has 0 fully saturated rings. The number of hydrogen-bond acceptors (Lipinski definition) is 3. The van der Waals surface area contributed by atoms with E-state index >= 15 is 0 Å². The molecule has 0 heterocycles. The van der Waals surface area contributed by atoms with Gasteiger partial charge in [0.2, 0.25) is 5.91 Å². The molecule has 0 aliphatic carbocycles. The number of unbranched alkanes of at least 4 members (excludes halogenated alkanes) is 3. The van der Waals surface area contributed by atoms with Gasteiger partial charge in [0.1, 0.15) is 5.75 Å². The normalized spacial score (nSPS) is 11.4. The van der Waals surface area contributed by atoms with Crippen LogP contribution in [-0.2, 0) is 11.3 Å². The SMILES string of the molecule is CN=C(NCCCCCCC(C)C)NCc1ccc(OC)c(NC(C)=O)c1. The first-order valence-corrected chi connectivity index (χ1v) is 9.85. The molecule has 0 atom stereocenters. The number of carbonyl (C=O) groups excluding carboxylic acids is 1. The van der Waals surface area contributed by atoms with E-state index < -0.39 is 0 Å². The van der Waals surface area contributed by atoms with Gasteiger partial charge < -0.3 is 20.7 Å². The highest BCUT2D eigenvalue weighted by Gasteiger charge is 2.06. The third-order valence-corrected chi connectivity index (χ3v) is 4.26. The van der Waals surface area contributed by atoms with Gasteiger partial charge >= 0.3 is 0 Å². The first-order valence-electron chi connectivity index (χ1n) is 9.85. The first kappa shape index (κ1) is 22.8. The van der Waals surface area contributed by atoms with Gasteiger partial charge in [0.15, 0.2) is 5.96 Å². The fourth-order valence-electron chi connectivity index (χ4n) is 2.80. The standard InChI is InChI=1S/C21H36N4O2/c1-16(2)10-8-6-7-9-13-23-21(22-4)24-15-18-11-12-20(27-5)19(14-18)25-17(3)26/h11-12,14,16H,6-10,13,15H2,1-5H3,(H,25,26)(H2,22,23,24). The number of ether oxygens (including phenoxy) is 1. The average molecular weight is 377 g/mol. The summed E-state index contributed by atoms with van der Waals surface area (Å²) in [6, 6.07) is 5.74. The van der Waals surface area contributed by atoms with E-state index in [1.165, 1.54) is 32.6 Å². The third kappa shape index (κ3) is 9.87. The summed E-state index contributed by atoms with van der Waals surface area (Å²) in [5.74, 6) is 2.11. The van der Waals surface area contributed by atoms with Crippen molar-refractivity contribution in [1.29, 1.82) is 0 Å². The molecule has 0 bridgehead atoms. The number of carbonyl (C=O) groups is 1. The van der Waals surface area contributed by atoms with Gasteiger partial charge in [-0.1, -0.05) is 45.6 Å². The van der Waals surface area contributed by atoms with Crippen LogP contribution in [0, 0.1) is 5.92 Å². The van der Waals surface area contributed by atoms with Gasteiger partial charge in [-0.25, -0.2) is 0 Å². The van der Waals surface area contributed by atoms with Crippen molar-refractivity contribution in [3.8, 4) is 5.75 Å². The average Bonchev–Trinajstić information content (AvgIpc) is 2.62. The molecule has 0 unspecified atom stereocenters. The lowest BCUT2D eigenvalue weighted by Gasteiger charge is -2.14. The molecule has 6 heteroatoms. The van der Waals surface area contributed by atoms with Crippen LogP contribution in [-0.4, -0.2) is 32.6 Å². The van der Waals surface area contributed by atoms with Crippen LogP contribution < -0.4 is 20.7 Å².